The second-order valence-corrected chi connectivity index (χ2v) is 6.72. The van der Waals surface area contributed by atoms with E-state index in [0.29, 0.717) is 10.7 Å². The molecule has 0 aliphatic rings. The summed E-state index contributed by atoms with van der Waals surface area (Å²) in [6.07, 6.45) is 0. The van der Waals surface area contributed by atoms with Gasteiger partial charge in [-0.2, -0.15) is 0 Å². The lowest BCUT2D eigenvalue weighted by Crippen LogP contribution is -2.14. The van der Waals surface area contributed by atoms with Crippen LogP contribution in [0.25, 0.3) is 10.6 Å². The molecule has 1 amide bonds. The molecule has 2 heterocycles. The van der Waals surface area contributed by atoms with Gasteiger partial charge in [0, 0.05) is 30.7 Å². The number of thiophene rings is 1. The second kappa shape index (κ2) is 6.29. The Labute approximate surface area is 137 Å². The Kier molecular flexibility index (Phi) is 4.22. The van der Waals surface area contributed by atoms with Gasteiger partial charge in [-0.05, 0) is 29.6 Å². The average molecular weight is 329 g/mol. The van der Waals surface area contributed by atoms with Crippen LogP contribution in [0.5, 0.6) is 0 Å². The number of anilines is 2. The predicted octanol–water partition coefficient (Wildman–Crippen LogP) is 4.19. The van der Waals surface area contributed by atoms with Gasteiger partial charge in [0.2, 0.25) is 0 Å². The van der Waals surface area contributed by atoms with Crippen LogP contribution in [0.15, 0.2) is 47.2 Å². The van der Waals surface area contributed by atoms with Gasteiger partial charge in [-0.25, -0.2) is 4.98 Å². The van der Waals surface area contributed by atoms with E-state index >= 15 is 0 Å². The van der Waals surface area contributed by atoms with Crippen LogP contribution in [-0.2, 0) is 0 Å². The molecular weight excluding hydrogens is 314 g/mol. The molecule has 0 aliphatic heterocycles. The molecule has 0 atom stereocenters. The number of aromatic nitrogens is 1. The van der Waals surface area contributed by atoms with Crippen LogP contribution in [0.1, 0.15) is 10.4 Å². The van der Waals surface area contributed by atoms with E-state index < -0.39 is 0 Å². The minimum absolute atomic E-state index is 0.143. The van der Waals surface area contributed by atoms with Crippen molar-refractivity contribution in [2.45, 2.75) is 0 Å². The molecule has 1 N–H and O–H groups in total. The molecule has 0 saturated heterocycles. The summed E-state index contributed by atoms with van der Waals surface area (Å²) in [7, 11) is 3.90. The van der Waals surface area contributed by atoms with Gasteiger partial charge in [-0.3, -0.25) is 10.1 Å². The van der Waals surface area contributed by atoms with Crippen molar-refractivity contribution in [2.24, 2.45) is 0 Å². The zero-order valence-electron chi connectivity index (χ0n) is 12.2. The van der Waals surface area contributed by atoms with Crippen molar-refractivity contribution in [3.8, 4) is 10.6 Å². The molecule has 0 unspecified atom stereocenters. The van der Waals surface area contributed by atoms with Crippen molar-refractivity contribution >= 4 is 39.4 Å². The predicted molar refractivity (Wildman–Crippen MR) is 94.1 cm³/mol. The zero-order valence-corrected chi connectivity index (χ0v) is 13.9. The lowest BCUT2D eigenvalue weighted by molar-refractivity contribution is 0.102. The number of benzene rings is 1. The summed E-state index contributed by atoms with van der Waals surface area (Å²) in [6, 6.07) is 11.5. The number of nitrogens with one attached hydrogen (secondary N) is 1. The summed E-state index contributed by atoms with van der Waals surface area (Å²) in [6.45, 7) is 0. The Bertz CT molecular complexity index is 778. The maximum Gasteiger partial charge on any atom is 0.257 e. The van der Waals surface area contributed by atoms with Crippen LogP contribution in [0, 0.1) is 0 Å². The number of carbonyl (C=O) groups is 1. The van der Waals surface area contributed by atoms with Crippen LogP contribution in [-0.4, -0.2) is 25.0 Å². The molecule has 0 saturated carbocycles. The fraction of sp³-hybridized carbons (Fsp3) is 0.125. The second-order valence-electron chi connectivity index (χ2n) is 4.91. The van der Waals surface area contributed by atoms with E-state index in [1.54, 1.807) is 17.4 Å². The highest BCUT2D eigenvalue weighted by Gasteiger charge is 2.11. The van der Waals surface area contributed by atoms with Crippen molar-refractivity contribution in [3.05, 3.63) is 52.7 Å². The monoisotopic (exact) mass is 329 g/mol. The van der Waals surface area contributed by atoms with Gasteiger partial charge >= 0.3 is 0 Å². The van der Waals surface area contributed by atoms with Crippen molar-refractivity contribution in [2.75, 3.05) is 24.3 Å². The zero-order chi connectivity index (χ0) is 15.5. The Morgan fingerprint density at radius 2 is 2.05 bits per heavy atom. The summed E-state index contributed by atoms with van der Waals surface area (Å²) in [5, 5.41) is 7.45. The number of carbonyl (C=O) groups excluding carboxylic acids is 1. The van der Waals surface area contributed by atoms with Gasteiger partial charge in [0.15, 0.2) is 5.13 Å². The third-order valence-corrected chi connectivity index (χ3v) is 4.77. The summed E-state index contributed by atoms with van der Waals surface area (Å²) in [5.74, 6) is -0.143. The Balaban J connectivity index is 1.76. The van der Waals surface area contributed by atoms with Crippen LogP contribution in [0.2, 0.25) is 0 Å². The smallest absolute Gasteiger partial charge is 0.257 e. The highest BCUT2D eigenvalue weighted by atomic mass is 32.1. The summed E-state index contributed by atoms with van der Waals surface area (Å²) < 4.78 is 0. The minimum Gasteiger partial charge on any atom is -0.378 e. The van der Waals surface area contributed by atoms with Crippen LogP contribution in [0.3, 0.4) is 0 Å². The van der Waals surface area contributed by atoms with Gasteiger partial charge in [0.05, 0.1) is 10.6 Å². The number of rotatable bonds is 4. The van der Waals surface area contributed by atoms with E-state index in [0.717, 1.165) is 16.3 Å². The highest BCUT2D eigenvalue weighted by Crippen LogP contribution is 2.28. The largest absolute Gasteiger partial charge is 0.378 e. The molecule has 3 rings (SSSR count). The van der Waals surface area contributed by atoms with Crippen molar-refractivity contribution in [1.82, 2.24) is 4.98 Å². The number of thiazole rings is 1. The number of amides is 1. The molecule has 1 aromatic carbocycles. The van der Waals surface area contributed by atoms with Crippen molar-refractivity contribution in [1.29, 1.82) is 0 Å². The maximum absolute atomic E-state index is 12.3. The van der Waals surface area contributed by atoms with E-state index in [1.165, 1.54) is 11.3 Å². The lowest BCUT2D eigenvalue weighted by atomic mass is 10.2. The van der Waals surface area contributed by atoms with Crippen molar-refractivity contribution < 1.29 is 4.79 Å². The normalized spacial score (nSPS) is 10.5. The first kappa shape index (κ1) is 14.7. The third-order valence-electron chi connectivity index (χ3n) is 3.12. The molecule has 0 aliphatic carbocycles. The summed E-state index contributed by atoms with van der Waals surface area (Å²) in [5.41, 5.74) is 2.52. The molecule has 0 bridgehead atoms. The SMILES string of the molecule is CN(C)c1cccc(C(=O)Nc2nc(-c3cccs3)cs2)c1. The topological polar surface area (TPSA) is 45.2 Å². The van der Waals surface area contributed by atoms with Crippen molar-refractivity contribution in [3.63, 3.8) is 0 Å². The number of nitrogens with zero attached hydrogens (tertiary/aromatic N) is 2. The van der Waals surface area contributed by atoms with E-state index in [4.69, 9.17) is 0 Å². The third kappa shape index (κ3) is 3.18. The molecule has 22 heavy (non-hydrogen) atoms. The highest BCUT2D eigenvalue weighted by molar-refractivity contribution is 7.16. The molecular formula is C16H15N3OS2. The molecule has 3 aromatic rings. The molecule has 0 spiro atoms. The number of hydrogen-bond donors (Lipinski definition) is 1. The van der Waals surface area contributed by atoms with Gasteiger partial charge in [-0.1, -0.05) is 12.1 Å². The molecule has 112 valence electrons. The Hall–Kier alpha value is -2.18. The fourth-order valence-corrected chi connectivity index (χ4v) is 3.43. The molecule has 6 heteroatoms. The molecule has 0 fully saturated rings. The lowest BCUT2D eigenvalue weighted by Gasteiger charge is -2.13. The maximum atomic E-state index is 12.3. The molecule has 2 aromatic heterocycles. The van der Waals surface area contributed by atoms with E-state index in [-0.39, 0.29) is 5.91 Å². The van der Waals surface area contributed by atoms with Gasteiger partial charge in [0.25, 0.3) is 5.91 Å². The van der Waals surface area contributed by atoms with Crippen LogP contribution < -0.4 is 10.2 Å². The van der Waals surface area contributed by atoms with E-state index in [1.807, 2.05) is 60.1 Å². The summed E-state index contributed by atoms with van der Waals surface area (Å²) >= 11 is 3.07. The molecule has 0 radical (unpaired) electrons. The first-order chi connectivity index (χ1) is 10.6. The van der Waals surface area contributed by atoms with Gasteiger partial charge in [-0.15, -0.1) is 22.7 Å². The van der Waals surface area contributed by atoms with Gasteiger partial charge in [0.1, 0.15) is 0 Å². The number of hydrogen-bond acceptors (Lipinski definition) is 5. The fourth-order valence-electron chi connectivity index (χ4n) is 1.96. The average Bonchev–Trinajstić information content (AvgIpc) is 3.18. The molecule has 4 nitrogen and oxygen atoms in total. The first-order valence-corrected chi connectivity index (χ1v) is 8.47. The van der Waals surface area contributed by atoms with Crippen LogP contribution >= 0.6 is 22.7 Å². The standard InChI is InChI=1S/C16H15N3OS2/c1-19(2)12-6-3-5-11(9-12)15(20)18-16-17-13(10-22-16)14-7-4-8-21-14/h3-10H,1-2H3,(H,17,18,20). The van der Waals surface area contributed by atoms with E-state index in [9.17, 15) is 4.79 Å². The van der Waals surface area contributed by atoms with Gasteiger partial charge < -0.3 is 4.90 Å². The van der Waals surface area contributed by atoms with Crippen LogP contribution in [0.4, 0.5) is 10.8 Å². The Morgan fingerprint density at radius 1 is 1.18 bits per heavy atom. The minimum atomic E-state index is -0.143. The quantitative estimate of drug-likeness (QED) is 0.780. The summed E-state index contributed by atoms with van der Waals surface area (Å²) in [4.78, 5) is 19.9. The van der Waals surface area contributed by atoms with E-state index in [2.05, 4.69) is 10.3 Å². The first-order valence-electron chi connectivity index (χ1n) is 6.71. The Morgan fingerprint density at radius 3 is 2.77 bits per heavy atom.